The van der Waals surface area contributed by atoms with E-state index in [1.54, 1.807) is 0 Å². The highest BCUT2D eigenvalue weighted by atomic mass is 32.2. The van der Waals surface area contributed by atoms with Crippen molar-refractivity contribution in [3.63, 3.8) is 0 Å². The molecule has 1 aromatic carbocycles. The summed E-state index contributed by atoms with van der Waals surface area (Å²) < 4.78 is 0. The number of rotatable bonds is 4. The molecule has 1 aromatic rings. The van der Waals surface area contributed by atoms with Crippen LogP contribution in [0, 0.1) is 0 Å². The number of hydrogen-bond acceptors (Lipinski definition) is 6. The first-order valence-electron chi connectivity index (χ1n) is 6.68. The van der Waals surface area contributed by atoms with Crippen LogP contribution in [0.3, 0.4) is 0 Å². The quantitative estimate of drug-likeness (QED) is 0.815. The van der Waals surface area contributed by atoms with Gasteiger partial charge in [-0.15, -0.1) is 0 Å². The molecule has 0 bridgehead atoms. The lowest BCUT2D eigenvalue weighted by Gasteiger charge is -2.15. The van der Waals surface area contributed by atoms with Crippen LogP contribution in [0.1, 0.15) is 12.0 Å². The van der Waals surface area contributed by atoms with Crippen molar-refractivity contribution in [1.29, 1.82) is 0 Å². The Bertz CT molecular complexity index is 636. The second kappa shape index (κ2) is 7.13. The van der Waals surface area contributed by atoms with Gasteiger partial charge in [0.05, 0.1) is 12.5 Å². The van der Waals surface area contributed by atoms with Gasteiger partial charge in [0, 0.05) is 31.1 Å². The molecule has 116 valence electrons. The number of carbonyl (C=O) groups excluding carboxylic acids is 2. The number of amides is 1. The number of nitrogens with one attached hydrogen (secondary N) is 1. The number of carbonyl (C=O) groups is 2. The molecule has 0 saturated carbocycles. The number of aliphatic carboxylic acids is 1. The van der Waals surface area contributed by atoms with Gasteiger partial charge in [0.25, 0.3) is 0 Å². The third-order valence-electron chi connectivity index (χ3n) is 2.96. The summed E-state index contributed by atoms with van der Waals surface area (Å²) in [5.74, 6) is -1.46. The lowest BCUT2D eigenvalue weighted by molar-refractivity contribution is -0.297. The van der Waals surface area contributed by atoms with Crippen molar-refractivity contribution >= 4 is 40.6 Å². The zero-order valence-electron chi connectivity index (χ0n) is 12.3. The van der Waals surface area contributed by atoms with Gasteiger partial charge >= 0.3 is 0 Å². The van der Waals surface area contributed by atoms with Crippen molar-refractivity contribution < 1.29 is 14.7 Å². The van der Waals surface area contributed by atoms with E-state index in [9.17, 15) is 14.7 Å². The molecule has 0 radical (unpaired) electrons. The largest absolute Gasteiger partial charge is 0.544 e. The Labute approximate surface area is 132 Å². The van der Waals surface area contributed by atoms with Crippen molar-refractivity contribution in [3.05, 3.63) is 34.7 Å². The number of amidine groups is 1. The Morgan fingerprint density at radius 1 is 1.36 bits per heavy atom. The average molecular weight is 318 g/mol. The van der Waals surface area contributed by atoms with E-state index in [0.717, 1.165) is 23.0 Å². The molecule has 0 aromatic heterocycles. The SMILES string of the molecule is CN(C)c1ccc(/C=C(/SC2=NCCC(=O)N2)C(=O)[O-])cc1. The molecule has 0 aliphatic carbocycles. The van der Waals surface area contributed by atoms with Crippen LogP contribution in [-0.4, -0.2) is 37.7 Å². The fraction of sp³-hybridized carbons (Fsp3) is 0.267. The normalized spacial score (nSPS) is 15.1. The van der Waals surface area contributed by atoms with Gasteiger partial charge in [-0.3, -0.25) is 9.79 Å². The molecule has 0 atom stereocenters. The molecule has 1 N–H and O–H groups in total. The molecule has 22 heavy (non-hydrogen) atoms. The Kier molecular flexibility index (Phi) is 5.21. The molecule has 0 fully saturated rings. The summed E-state index contributed by atoms with van der Waals surface area (Å²) in [5, 5.41) is 14.1. The first-order chi connectivity index (χ1) is 10.5. The van der Waals surface area contributed by atoms with Crippen LogP contribution in [0.5, 0.6) is 0 Å². The number of benzene rings is 1. The summed E-state index contributed by atoms with van der Waals surface area (Å²) in [4.78, 5) is 28.6. The van der Waals surface area contributed by atoms with Gasteiger partial charge in [-0.1, -0.05) is 23.9 Å². The summed E-state index contributed by atoms with van der Waals surface area (Å²) in [7, 11) is 3.86. The second-order valence-corrected chi connectivity index (χ2v) is 5.90. The van der Waals surface area contributed by atoms with Gasteiger partial charge in [0.15, 0.2) is 5.17 Å². The monoisotopic (exact) mass is 318 g/mol. The minimum Gasteiger partial charge on any atom is -0.544 e. The van der Waals surface area contributed by atoms with Gasteiger partial charge in [-0.25, -0.2) is 0 Å². The Hall–Kier alpha value is -2.28. The zero-order valence-corrected chi connectivity index (χ0v) is 13.1. The molecule has 1 aliphatic rings. The zero-order chi connectivity index (χ0) is 16.1. The second-order valence-electron chi connectivity index (χ2n) is 4.87. The van der Waals surface area contributed by atoms with Crippen molar-refractivity contribution in [2.24, 2.45) is 4.99 Å². The number of thioether (sulfide) groups is 1. The van der Waals surface area contributed by atoms with E-state index in [0.29, 0.717) is 13.0 Å². The third-order valence-corrected chi connectivity index (χ3v) is 3.88. The lowest BCUT2D eigenvalue weighted by atomic mass is 10.2. The number of anilines is 1. The molecule has 2 rings (SSSR count). The van der Waals surface area contributed by atoms with Gasteiger partial charge in [-0.05, 0) is 23.8 Å². The Balaban J connectivity index is 2.18. The van der Waals surface area contributed by atoms with E-state index < -0.39 is 5.97 Å². The summed E-state index contributed by atoms with van der Waals surface area (Å²) in [6.07, 6.45) is 1.82. The summed E-state index contributed by atoms with van der Waals surface area (Å²) in [5.41, 5.74) is 1.75. The van der Waals surface area contributed by atoms with Crippen LogP contribution in [0.25, 0.3) is 6.08 Å². The first kappa shape index (κ1) is 16.1. The van der Waals surface area contributed by atoms with Crippen molar-refractivity contribution in [2.45, 2.75) is 6.42 Å². The highest BCUT2D eigenvalue weighted by Gasteiger charge is 2.14. The molecule has 1 heterocycles. The number of aliphatic imine (C=N–C) groups is 1. The third kappa shape index (κ3) is 4.36. The predicted molar refractivity (Wildman–Crippen MR) is 86.4 cm³/mol. The molecule has 6 nitrogen and oxygen atoms in total. The van der Waals surface area contributed by atoms with Crippen LogP contribution in [0.15, 0.2) is 34.2 Å². The molecule has 0 saturated heterocycles. The molecule has 0 spiro atoms. The van der Waals surface area contributed by atoms with Crippen molar-refractivity contribution in [3.8, 4) is 0 Å². The molecule has 7 heteroatoms. The van der Waals surface area contributed by atoms with E-state index in [1.165, 1.54) is 6.08 Å². The number of hydrogen-bond donors (Lipinski definition) is 1. The summed E-state index contributed by atoms with van der Waals surface area (Å²) in [6, 6.07) is 7.42. The minimum absolute atomic E-state index is 0.00134. The Morgan fingerprint density at radius 3 is 2.59 bits per heavy atom. The lowest BCUT2D eigenvalue weighted by Crippen LogP contribution is -2.34. The van der Waals surface area contributed by atoms with Gasteiger partial charge < -0.3 is 20.1 Å². The highest BCUT2D eigenvalue weighted by Crippen LogP contribution is 2.22. The van der Waals surface area contributed by atoms with Crippen LogP contribution < -0.4 is 15.3 Å². The van der Waals surface area contributed by atoms with E-state index >= 15 is 0 Å². The fourth-order valence-corrected chi connectivity index (χ4v) is 2.60. The highest BCUT2D eigenvalue weighted by molar-refractivity contribution is 8.18. The maximum Gasteiger partial charge on any atom is 0.227 e. The molecule has 1 aliphatic heterocycles. The summed E-state index contributed by atoms with van der Waals surface area (Å²) >= 11 is 0.890. The predicted octanol–water partition coefficient (Wildman–Crippen LogP) is 0.452. The van der Waals surface area contributed by atoms with Crippen molar-refractivity contribution in [1.82, 2.24) is 5.32 Å². The van der Waals surface area contributed by atoms with Crippen LogP contribution in [0.4, 0.5) is 5.69 Å². The maximum absolute atomic E-state index is 11.3. The van der Waals surface area contributed by atoms with Gasteiger partial charge in [0.1, 0.15) is 0 Å². The molecular weight excluding hydrogens is 302 g/mol. The van der Waals surface area contributed by atoms with Gasteiger partial charge in [-0.2, -0.15) is 0 Å². The topological polar surface area (TPSA) is 84.8 Å². The van der Waals surface area contributed by atoms with E-state index in [2.05, 4.69) is 10.3 Å². The standard InChI is InChI=1S/C15H17N3O3S/c1-18(2)11-5-3-10(4-6-11)9-12(14(20)21)22-15-16-8-7-13(19)17-15/h3-6,9H,7-8H2,1-2H3,(H,20,21)(H,16,17,19)/p-1/b12-9+. The number of carboxylic acids is 1. The van der Waals surface area contributed by atoms with Crippen LogP contribution >= 0.6 is 11.8 Å². The van der Waals surface area contributed by atoms with E-state index in [1.807, 2.05) is 43.3 Å². The average Bonchev–Trinajstić information content (AvgIpc) is 2.47. The first-order valence-corrected chi connectivity index (χ1v) is 7.50. The molecule has 0 unspecified atom stereocenters. The maximum atomic E-state index is 11.3. The van der Waals surface area contributed by atoms with Crippen LogP contribution in [0.2, 0.25) is 0 Å². The number of nitrogens with zero attached hydrogens (tertiary/aromatic N) is 2. The molecular formula is C15H16N3O3S-. The van der Waals surface area contributed by atoms with Gasteiger partial charge in [0.2, 0.25) is 5.91 Å². The fourth-order valence-electron chi connectivity index (χ4n) is 1.79. The number of carboxylic acid groups (broad SMARTS) is 1. The summed E-state index contributed by atoms with van der Waals surface area (Å²) in [6.45, 7) is 0.367. The molecule has 1 amide bonds. The van der Waals surface area contributed by atoms with Crippen molar-refractivity contribution in [2.75, 3.05) is 25.5 Å². The van der Waals surface area contributed by atoms with E-state index in [-0.39, 0.29) is 16.0 Å². The van der Waals surface area contributed by atoms with Crippen LogP contribution in [-0.2, 0) is 9.59 Å². The minimum atomic E-state index is -1.30. The Morgan fingerprint density at radius 2 is 2.05 bits per heavy atom. The smallest absolute Gasteiger partial charge is 0.227 e. The van der Waals surface area contributed by atoms with E-state index in [4.69, 9.17) is 0 Å².